The molecule has 160 valence electrons. The maximum atomic E-state index is 13.3. The lowest BCUT2D eigenvalue weighted by atomic mass is 9.80. The first-order chi connectivity index (χ1) is 14.9. The van der Waals surface area contributed by atoms with Crippen molar-refractivity contribution in [2.75, 3.05) is 13.1 Å². The van der Waals surface area contributed by atoms with Crippen LogP contribution in [0, 0.1) is 0 Å². The molecular formula is C24H26N4O3. The Labute approximate surface area is 180 Å². The highest BCUT2D eigenvalue weighted by atomic mass is 16.2. The van der Waals surface area contributed by atoms with Gasteiger partial charge in [-0.1, -0.05) is 48.5 Å². The number of hydrogen-bond acceptors (Lipinski definition) is 4. The minimum Gasteiger partial charge on any atom is -0.347 e. The highest BCUT2D eigenvalue weighted by Gasteiger charge is 2.39. The molecule has 7 heteroatoms. The summed E-state index contributed by atoms with van der Waals surface area (Å²) < 4.78 is 0. The summed E-state index contributed by atoms with van der Waals surface area (Å²) in [5.74, 6) is -0.609. The van der Waals surface area contributed by atoms with Gasteiger partial charge in [-0.25, -0.2) is 5.10 Å². The van der Waals surface area contributed by atoms with E-state index in [1.54, 1.807) is 12.1 Å². The van der Waals surface area contributed by atoms with E-state index >= 15 is 0 Å². The monoisotopic (exact) mass is 418 g/mol. The first kappa shape index (κ1) is 20.8. The molecule has 0 radical (unpaired) electrons. The predicted molar refractivity (Wildman–Crippen MR) is 119 cm³/mol. The van der Waals surface area contributed by atoms with Gasteiger partial charge < -0.3 is 10.2 Å². The van der Waals surface area contributed by atoms with Gasteiger partial charge in [-0.2, -0.15) is 5.10 Å². The van der Waals surface area contributed by atoms with Gasteiger partial charge in [-0.05, 0) is 31.4 Å². The SMILES string of the molecule is CC(=O)NC1(c2ccccc2)CCN(C(=O)C(C)c2n[nH]c(=O)c3ccccc23)CC1. The van der Waals surface area contributed by atoms with Crippen LogP contribution in [0.15, 0.2) is 59.4 Å². The minimum absolute atomic E-state index is 0.0332. The Bertz CT molecular complexity index is 1160. The van der Waals surface area contributed by atoms with E-state index in [1.165, 1.54) is 6.92 Å². The van der Waals surface area contributed by atoms with Crippen molar-refractivity contribution in [3.8, 4) is 0 Å². The lowest BCUT2D eigenvalue weighted by Gasteiger charge is -2.43. The number of hydrogen-bond donors (Lipinski definition) is 2. The Morgan fingerprint density at radius 1 is 1.03 bits per heavy atom. The molecule has 4 rings (SSSR count). The smallest absolute Gasteiger partial charge is 0.272 e. The summed E-state index contributed by atoms with van der Waals surface area (Å²) in [6, 6.07) is 17.1. The first-order valence-corrected chi connectivity index (χ1v) is 10.5. The molecule has 2 amide bonds. The maximum absolute atomic E-state index is 13.3. The standard InChI is InChI=1S/C24H26N4O3/c1-16(21-19-10-6-7-11-20(19)22(30)27-26-21)23(31)28-14-12-24(13-15-28,25-17(2)29)18-8-4-3-5-9-18/h3-11,16H,12-15H2,1-2H3,(H,25,29)(H,27,30). The van der Waals surface area contributed by atoms with Gasteiger partial charge in [-0.15, -0.1) is 0 Å². The molecule has 7 nitrogen and oxygen atoms in total. The van der Waals surface area contributed by atoms with Crippen molar-refractivity contribution in [2.45, 2.75) is 38.1 Å². The fourth-order valence-corrected chi connectivity index (χ4v) is 4.55. The van der Waals surface area contributed by atoms with Crippen LogP contribution in [0.4, 0.5) is 0 Å². The van der Waals surface area contributed by atoms with Crippen LogP contribution in [0.3, 0.4) is 0 Å². The molecular weight excluding hydrogens is 392 g/mol. The highest BCUT2D eigenvalue weighted by molar-refractivity contribution is 5.91. The lowest BCUT2D eigenvalue weighted by Crippen LogP contribution is -2.54. The van der Waals surface area contributed by atoms with Crippen molar-refractivity contribution in [3.63, 3.8) is 0 Å². The Hall–Kier alpha value is -3.48. The molecule has 1 unspecified atom stereocenters. The van der Waals surface area contributed by atoms with Crippen LogP contribution in [0.25, 0.3) is 10.8 Å². The number of benzene rings is 2. The number of rotatable bonds is 4. The molecule has 1 atom stereocenters. The van der Waals surface area contributed by atoms with Crippen molar-refractivity contribution in [2.24, 2.45) is 0 Å². The third-order valence-electron chi connectivity index (χ3n) is 6.18. The van der Waals surface area contributed by atoms with Crippen LogP contribution in [0.1, 0.15) is 43.9 Å². The van der Waals surface area contributed by atoms with Crippen molar-refractivity contribution < 1.29 is 9.59 Å². The number of aromatic amines is 1. The summed E-state index contributed by atoms with van der Waals surface area (Å²) in [6.45, 7) is 4.40. The van der Waals surface area contributed by atoms with E-state index in [2.05, 4.69) is 15.5 Å². The molecule has 0 saturated carbocycles. The van der Waals surface area contributed by atoms with Crippen LogP contribution in [-0.4, -0.2) is 40.0 Å². The molecule has 1 fully saturated rings. The molecule has 1 aliphatic heterocycles. The average Bonchev–Trinajstić information content (AvgIpc) is 2.79. The number of amides is 2. The number of carbonyl (C=O) groups is 2. The molecule has 3 aromatic rings. The largest absolute Gasteiger partial charge is 0.347 e. The number of carbonyl (C=O) groups excluding carboxylic acids is 2. The van der Waals surface area contributed by atoms with Gasteiger partial charge in [0.1, 0.15) is 0 Å². The van der Waals surface area contributed by atoms with Gasteiger partial charge in [0.05, 0.1) is 22.5 Å². The van der Waals surface area contributed by atoms with E-state index in [0.717, 1.165) is 5.56 Å². The van der Waals surface area contributed by atoms with E-state index < -0.39 is 11.5 Å². The number of nitrogens with one attached hydrogen (secondary N) is 2. The number of fused-ring (bicyclic) bond motifs is 1. The Morgan fingerprint density at radius 2 is 1.65 bits per heavy atom. The molecule has 0 bridgehead atoms. The van der Waals surface area contributed by atoms with Gasteiger partial charge in [-0.3, -0.25) is 14.4 Å². The van der Waals surface area contributed by atoms with Gasteiger partial charge in [0, 0.05) is 25.4 Å². The molecule has 31 heavy (non-hydrogen) atoms. The van der Waals surface area contributed by atoms with E-state index in [0.29, 0.717) is 42.4 Å². The molecule has 0 aliphatic carbocycles. The second-order valence-electron chi connectivity index (χ2n) is 8.16. The maximum Gasteiger partial charge on any atom is 0.272 e. The lowest BCUT2D eigenvalue weighted by molar-refractivity contribution is -0.134. The molecule has 2 heterocycles. The second kappa shape index (κ2) is 8.34. The Morgan fingerprint density at radius 3 is 2.29 bits per heavy atom. The van der Waals surface area contributed by atoms with Crippen LogP contribution < -0.4 is 10.9 Å². The summed E-state index contributed by atoms with van der Waals surface area (Å²) in [4.78, 5) is 39.1. The second-order valence-corrected chi connectivity index (χ2v) is 8.16. The highest BCUT2D eigenvalue weighted by Crippen LogP contribution is 2.34. The zero-order valence-corrected chi connectivity index (χ0v) is 17.7. The molecule has 0 spiro atoms. The van der Waals surface area contributed by atoms with E-state index in [4.69, 9.17) is 0 Å². The summed E-state index contributed by atoms with van der Waals surface area (Å²) in [7, 11) is 0. The summed E-state index contributed by atoms with van der Waals surface area (Å²) in [6.07, 6.45) is 1.27. The quantitative estimate of drug-likeness (QED) is 0.681. The molecule has 1 saturated heterocycles. The average molecular weight is 418 g/mol. The number of aromatic nitrogens is 2. The van der Waals surface area contributed by atoms with Gasteiger partial charge in [0.25, 0.3) is 5.56 Å². The van der Waals surface area contributed by atoms with E-state index in [1.807, 2.05) is 54.3 Å². The molecule has 1 aliphatic rings. The first-order valence-electron chi connectivity index (χ1n) is 10.5. The number of nitrogens with zero attached hydrogens (tertiary/aromatic N) is 2. The molecule has 2 aromatic carbocycles. The molecule has 1 aromatic heterocycles. The number of likely N-dealkylation sites (tertiary alicyclic amines) is 1. The predicted octanol–water partition coefficient (Wildman–Crippen LogP) is 2.68. The number of H-pyrrole nitrogens is 1. The zero-order chi connectivity index (χ0) is 22.0. The van der Waals surface area contributed by atoms with Crippen LogP contribution in [0.2, 0.25) is 0 Å². The zero-order valence-electron chi connectivity index (χ0n) is 17.7. The summed E-state index contributed by atoms with van der Waals surface area (Å²) in [5.41, 5.74) is 0.885. The van der Waals surface area contributed by atoms with Gasteiger partial charge >= 0.3 is 0 Å². The minimum atomic E-state index is -0.494. The fourth-order valence-electron chi connectivity index (χ4n) is 4.55. The third-order valence-corrected chi connectivity index (χ3v) is 6.18. The topological polar surface area (TPSA) is 95.2 Å². The Kier molecular flexibility index (Phi) is 5.59. The van der Waals surface area contributed by atoms with E-state index in [9.17, 15) is 14.4 Å². The van der Waals surface area contributed by atoms with Crippen molar-refractivity contribution in [1.29, 1.82) is 0 Å². The Balaban J connectivity index is 1.56. The third kappa shape index (κ3) is 3.95. The van der Waals surface area contributed by atoms with E-state index in [-0.39, 0.29) is 17.4 Å². The summed E-state index contributed by atoms with van der Waals surface area (Å²) >= 11 is 0. The fraction of sp³-hybridized carbons (Fsp3) is 0.333. The van der Waals surface area contributed by atoms with Crippen molar-refractivity contribution in [3.05, 3.63) is 76.2 Å². The summed E-state index contributed by atoms with van der Waals surface area (Å²) in [5, 5.41) is 11.1. The van der Waals surface area contributed by atoms with Gasteiger partial charge in [0.15, 0.2) is 0 Å². The van der Waals surface area contributed by atoms with Crippen LogP contribution >= 0.6 is 0 Å². The van der Waals surface area contributed by atoms with Gasteiger partial charge in [0.2, 0.25) is 11.8 Å². The van der Waals surface area contributed by atoms with Crippen LogP contribution in [0.5, 0.6) is 0 Å². The van der Waals surface area contributed by atoms with Crippen LogP contribution in [-0.2, 0) is 15.1 Å². The van der Waals surface area contributed by atoms with Crippen molar-refractivity contribution in [1.82, 2.24) is 20.4 Å². The van der Waals surface area contributed by atoms with Crippen molar-refractivity contribution >= 4 is 22.6 Å². The number of piperidine rings is 1. The normalized spacial score (nSPS) is 16.6. The molecule has 2 N–H and O–H groups in total.